The molecule has 0 atom stereocenters. The van der Waals surface area contributed by atoms with Crippen molar-refractivity contribution in [3.8, 4) is 9.86 Å². The van der Waals surface area contributed by atoms with E-state index in [0.29, 0.717) is 0 Å². The maximum atomic E-state index is 3.37. The molecule has 0 saturated heterocycles. The molecule has 0 aromatic heterocycles. The van der Waals surface area contributed by atoms with E-state index in [0.717, 1.165) is 0 Å². The van der Waals surface area contributed by atoms with Crippen molar-refractivity contribution in [2.75, 3.05) is 5.75 Å². The number of hydrogen-bond donors (Lipinski definition) is 0. The molecule has 0 saturated carbocycles. The Kier molecular flexibility index (Phi) is 8.09. The van der Waals surface area contributed by atoms with Gasteiger partial charge < -0.3 is 0 Å². The first kappa shape index (κ1) is 13.4. The van der Waals surface area contributed by atoms with E-state index in [1.54, 1.807) is 0 Å². The summed E-state index contributed by atoms with van der Waals surface area (Å²) in [7, 11) is 0. The van der Waals surface area contributed by atoms with Gasteiger partial charge in [-0.15, -0.1) is 0 Å². The molecule has 13 heavy (non-hydrogen) atoms. The Bertz CT molecular complexity index is 202. The molecule has 0 amide bonds. The van der Waals surface area contributed by atoms with Gasteiger partial charge in [0.2, 0.25) is 0 Å². The molecule has 0 radical (unpaired) electrons. The molecule has 0 spiro atoms. The third kappa shape index (κ3) is 12.4. The summed E-state index contributed by atoms with van der Waals surface area (Å²) in [5.74, 6) is 4.37. The molecule has 0 heterocycles. The zero-order valence-corrected chi connectivity index (χ0v) is 12.9. The SMILES string of the molecule is CCCCSC=CC#[C][Sn]([CH3])([CH3])[CH3]. The van der Waals surface area contributed by atoms with E-state index in [2.05, 4.69) is 37.0 Å². The molecule has 0 N–H and O–H groups in total. The maximum absolute atomic E-state index is 3.37. The summed E-state index contributed by atoms with van der Waals surface area (Å²) in [5.41, 5.74) is 0. The minimum atomic E-state index is -1.81. The van der Waals surface area contributed by atoms with E-state index in [1.165, 1.54) is 18.6 Å². The fourth-order valence-electron chi connectivity index (χ4n) is 0.636. The van der Waals surface area contributed by atoms with Gasteiger partial charge in [0.25, 0.3) is 0 Å². The molecular formula is C11H20SSn. The Morgan fingerprint density at radius 3 is 2.54 bits per heavy atom. The Hall–Kier alpha value is 0.449. The van der Waals surface area contributed by atoms with E-state index < -0.39 is 18.4 Å². The molecule has 0 bridgehead atoms. The molecule has 0 fully saturated rings. The number of hydrogen-bond acceptors (Lipinski definition) is 1. The second-order valence-corrected chi connectivity index (χ2v) is 18.6. The fourth-order valence-corrected chi connectivity index (χ4v) is 2.87. The predicted molar refractivity (Wildman–Crippen MR) is 67.6 cm³/mol. The molecule has 0 aromatic carbocycles. The van der Waals surface area contributed by atoms with Crippen molar-refractivity contribution in [2.24, 2.45) is 0 Å². The Labute approximate surface area is 91.4 Å². The summed E-state index contributed by atoms with van der Waals surface area (Å²) in [5, 5.41) is 2.13. The van der Waals surface area contributed by atoms with Gasteiger partial charge in [0.1, 0.15) is 0 Å². The van der Waals surface area contributed by atoms with Gasteiger partial charge in [0.05, 0.1) is 0 Å². The summed E-state index contributed by atoms with van der Waals surface area (Å²) < 4.78 is 3.37. The van der Waals surface area contributed by atoms with Crippen LogP contribution in [0.1, 0.15) is 19.8 Å². The monoisotopic (exact) mass is 304 g/mol. The summed E-state index contributed by atoms with van der Waals surface area (Å²) in [6.45, 7) is 2.22. The molecule has 0 unspecified atom stereocenters. The Balaban J connectivity index is 3.55. The van der Waals surface area contributed by atoms with E-state index in [-0.39, 0.29) is 0 Å². The minimum absolute atomic E-state index is 1.23. The summed E-state index contributed by atoms with van der Waals surface area (Å²) >= 11 is 0.0603. The number of unbranched alkanes of at least 4 members (excludes halogenated alkanes) is 1. The zero-order valence-electron chi connectivity index (χ0n) is 9.18. The predicted octanol–water partition coefficient (Wildman–Crippen LogP) is 3.91. The van der Waals surface area contributed by atoms with Crippen LogP contribution in [0.25, 0.3) is 0 Å². The fraction of sp³-hybridized carbons (Fsp3) is 0.636. The van der Waals surface area contributed by atoms with Crippen molar-refractivity contribution in [2.45, 2.75) is 34.6 Å². The van der Waals surface area contributed by atoms with E-state index in [1.807, 2.05) is 17.8 Å². The quantitative estimate of drug-likeness (QED) is 0.431. The standard InChI is InChI=1S/C8H11S.3CH3.Sn/c1-3-5-7-9-8-6-4-2;;;;/h6,8H,3,5,7H2,1H3;3*1H3;. The van der Waals surface area contributed by atoms with Crippen LogP contribution < -0.4 is 0 Å². The van der Waals surface area contributed by atoms with Gasteiger partial charge in [-0.25, -0.2) is 0 Å². The number of allylic oxidation sites excluding steroid dienone is 1. The number of rotatable bonds is 4. The first-order valence-electron chi connectivity index (χ1n) is 4.85. The molecule has 74 valence electrons. The van der Waals surface area contributed by atoms with Crippen molar-refractivity contribution in [1.29, 1.82) is 0 Å². The van der Waals surface area contributed by atoms with Crippen LogP contribution in [0.3, 0.4) is 0 Å². The molecule has 0 rings (SSSR count). The van der Waals surface area contributed by atoms with Gasteiger partial charge >= 0.3 is 91.8 Å². The third-order valence-electron chi connectivity index (χ3n) is 1.31. The van der Waals surface area contributed by atoms with Gasteiger partial charge in [-0.05, 0) is 0 Å². The van der Waals surface area contributed by atoms with Crippen LogP contribution in [0.2, 0.25) is 14.8 Å². The van der Waals surface area contributed by atoms with Gasteiger partial charge in [-0.1, -0.05) is 0 Å². The first-order chi connectivity index (χ1) is 6.06. The van der Waals surface area contributed by atoms with Crippen molar-refractivity contribution in [3.05, 3.63) is 11.5 Å². The molecule has 0 aliphatic carbocycles. The van der Waals surface area contributed by atoms with Gasteiger partial charge in [0.15, 0.2) is 0 Å². The van der Waals surface area contributed by atoms with Crippen LogP contribution in [0.4, 0.5) is 0 Å². The third-order valence-corrected chi connectivity index (χ3v) is 4.72. The Morgan fingerprint density at radius 2 is 2.00 bits per heavy atom. The average Bonchev–Trinajstić information content (AvgIpc) is 2.01. The molecule has 0 aromatic rings. The van der Waals surface area contributed by atoms with E-state index in [4.69, 9.17) is 0 Å². The molecule has 0 aliphatic heterocycles. The van der Waals surface area contributed by atoms with Crippen LogP contribution >= 0.6 is 11.8 Å². The number of thioether (sulfide) groups is 1. The zero-order chi connectivity index (χ0) is 10.2. The summed E-state index contributed by atoms with van der Waals surface area (Å²) in [6, 6.07) is 0. The van der Waals surface area contributed by atoms with Crippen LogP contribution in [0, 0.1) is 9.86 Å². The average molecular weight is 303 g/mol. The van der Waals surface area contributed by atoms with Crippen LogP contribution in [0.5, 0.6) is 0 Å². The second kappa shape index (κ2) is 7.82. The molecule has 2 heteroatoms. The first-order valence-corrected chi connectivity index (χ1v) is 15.9. The topological polar surface area (TPSA) is 0 Å². The summed E-state index contributed by atoms with van der Waals surface area (Å²) in [4.78, 5) is 7.00. The van der Waals surface area contributed by atoms with Crippen molar-refractivity contribution in [3.63, 3.8) is 0 Å². The van der Waals surface area contributed by atoms with E-state index >= 15 is 0 Å². The van der Waals surface area contributed by atoms with Gasteiger partial charge in [-0.2, -0.15) is 0 Å². The van der Waals surface area contributed by atoms with Crippen LogP contribution in [0.15, 0.2) is 11.5 Å². The van der Waals surface area contributed by atoms with Crippen LogP contribution in [-0.2, 0) is 0 Å². The molecule has 0 nitrogen and oxygen atoms in total. The van der Waals surface area contributed by atoms with Crippen molar-refractivity contribution >= 4 is 30.1 Å². The van der Waals surface area contributed by atoms with Crippen LogP contribution in [-0.4, -0.2) is 24.1 Å². The van der Waals surface area contributed by atoms with E-state index in [9.17, 15) is 0 Å². The Morgan fingerprint density at radius 1 is 1.31 bits per heavy atom. The van der Waals surface area contributed by atoms with Crippen molar-refractivity contribution < 1.29 is 0 Å². The van der Waals surface area contributed by atoms with Gasteiger partial charge in [-0.3, -0.25) is 0 Å². The summed E-state index contributed by atoms with van der Waals surface area (Å²) in [6.07, 6.45) is 4.59. The van der Waals surface area contributed by atoms with Gasteiger partial charge in [0, 0.05) is 0 Å². The second-order valence-electron chi connectivity index (χ2n) is 4.05. The normalized spacial score (nSPS) is 11.4. The molecule has 0 aliphatic rings. The van der Waals surface area contributed by atoms with Crippen molar-refractivity contribution in [1.82, 2.24) is 0 Å². The molecular weight excluding hydrogens is 283 g/mol.